The maximum Gasteiger partial charge on any atom is 0.322 e. The van der Waals surface area contributed by atoms with Crippen LogP contribution in [0.4, 0.5) is 0 Å². The summed E-state index contributed by atoms with van der Waals surface area (Å²) < 4.78 is 0. The Balaban J connectivity index is 4.83. The molecule has 10 N–H and O–H groups in total. The molecule has 0 bridgehead atoms. The largest absolute Gasteiger partial charge is 0.480 e. The lowest BCUT2D eigenvalue weighted by atomic mass is 9.98. The molecule has 0 aromatic heterocycles. The second-order valence-corrected chi connectivity index (χ2v) is 6.31. The predicted octanol–water partition coefficient (Wildman–Crippen LogP) is -2.78. The first kappa shape index (κ1) is 25.1. The number of carbonyl (C=O) groups is 4. The van der Waals surface area contributed by atoms with Crippen LogP contribution in [-0.2, 0) is 19.2 Å². The third-order valence-electron chi connectivity index (χ3n) is 4.00. The van der Waals surface area contributed by atoms with Crippen LogP contribution in [0.1, 0.15) is 33.1 Å². The quantitative estimate of drug-likeness (QED) is 0.0970. The van der Waals surface area contributed by atoms with Gasteiger partial charge in [0.25, 0.3) is 0 Å². The van der Waals surface area contributed by atoms with Crippen molar-refractivity contribution in [2.24, 2.45) is 28.1 Å². The minimum Gasteiger partial charge on any atom is -0.480 e. The molecule has 3 unspecified atom stereocenters. The molecule has 3 amide bonds. The monoisotopic (exact) mass is 401 g/mol. The van der Waals surface area contributed by atoms with E-state index in [9.17, 15) is 19.2 Å². The smallest absolute Gasteiger partial charge is 0.322 e. The van der Waals surface area contributed by atoms with Gasteiger partial charge in [0.05, 0.1) is 12.6 Å². The Bertz CT molecular complexity index is 578. The van der Waals surface area contributed by atoms with Crippen molar-refractivity contribution in [2.45, 2.75) is 45.2 Å². The molecule has 0 radical (unpaired) electrons. The molecule has 12 nitrogen and oxygen atoms in total. The number of carboxylic acid groups (broad SMARTS) is 1. The fraction of sp³-hybridized carbons (Fsp3) is 0.688. The first-order chi connectivity index (χ1) is 13.1. The molecule has 12 heteroatoms. The number of hydrogen-bond acceptors (Lipinski definition) is 6. The van der Waals surface area contributed by atoms with E-state index >= 15 is 0 Å². The Morgan fingerprint density at radius 3 is 2.25 bits per heavy atom. The lowest BCUT2D eigenvalue weighted by Crippen LogP contribution is -2.54. The molecule has 0 aliphatic rings. The van der Waals surface area contributed by atoms with Crippen LogP contribution in [0.5, 0.6) is 0 Å². The average Bonchev–Trinajstić information content (AvgIpc) is 2.64. The van der Waals surface area contributed by atoms with Crippen LogP contribution >= 0.6 is 0 Å². The fourth-order valence-corrected chi connectivity index (χ4v) is 2.08. The van der Waals surface area contributed by atoms with E-state index in [1.165, 1.54) is 0 Å². The van der Waals surface area contributed by atoms with Gasteiger partial charge in [-0.15, -0.1) is 0 Å². The van der Waals surface area contributed by atoms with E-state index in [0.29, 0.717) is 12.8 Å². The van der Waals surface area contributed by atoms with Gasteiger partial charge in [-0.05, 0) is 18.8 Å². The van der Waals surface area contributed by atoms with E-state index in [-0.39, 0.29) is 24.8 Å². The summed E-state index contributed by atoms with van der Waals surface area (Å²) in [7, 11) is 0. The van der Waals surface area contributed by atoms with Crippen LogP contribution in [-0.4, -0.2) is 66.5 Å². The molecule has 0 aromatic rings. The molecule has 3 atom stereocenters. The lowest BCUT2D eigenvalue weighted by molar-refractivity contribution is -0.138. The molecule has 0 aliphatic heterocycles. The zero-order chi connectivity index (χ0) is 21.7. The molecule has 0 fully saturated rings. The van der Waals surface area contributed by atoms with Crippen LogP contribution in [0.3, 0.4) is 0 Å². The SMILES string of the molecule is CCC(C)C(N)C(=O)NC(CCCN=C(N)N)C(=O)NCC(=O)NCC(=O)O. The Labute approximate surface area is 163 Å². The number of aliphatic carboxylic acids is 1. The van der Waals surface area contributed by atoms with Crippen LogP contribution < -0.4 is 33.2 Å². The van der Waals surface area contributed by atoms with E-state index in [4.69, 9.17) is 22.3 Å². The number of nitrogens with two attached hydrogens (primary N) is 3. The van der Waals surface area contributed by atoms with Crippen LogP contribution in [0.25, 0.3) is 0 Å². The normalized spacial score (nSPS) is 13.5. The topological polar surface area (TPSA) is 215 Å². The highest BCUT2D eigenvalue weighted by atomic mass is 16.4. The van der Waals surface area contributed by atoms with Gasteiger partial charge < -0.3 is 38.3 Å². The van der Waals surface area contributed by atoms with Gasteiger partial charge in [-0.1, -0.05) is 20.3 Å². The van der Waals surface area contributed by atoms with Crippen molar-refractivity contribution in [3.05, 3.63) is 0 Å². The van der Waals surface area contributed by atoms with E-state index in [1.807, 2.05) is 13.8 Å². The summed E-state index contributed by atoms with van der Waals surface area (Å²) in [6.07, 6.45) is 1.32. The molecule has 0 aromatic carbocycles. The zero-order valence-electron chi connectivity index (χ0n) is 16.2. The van der Waals surface area contributed by atoms with Crippen LogP contribution in [0.2, 0.25) is 0 Å². The third-order valence-corrected chi connectivity index (χ3v) is 4.00. The first-order valence-electron chi connectivity index (χ1n) is 8.96. The first-order valence-corrected chi connectivity index (χ1v) is 8.96. The maximum atomic E-state index is 12.4. The number of carboxylic acids is 1. The predicted molar refractivity (Wildman–Crippen MR) is 103 cm³/mol. The van der Waals surface area contributed by atoms with Gasteiger partial charge in [0.15, 0.2) is 5.96 Å². The Morgan fingerprint density at radius 2 is 1.71 bits per heavy atom. The van der Waals surface area contributed by atoms with Crippen molar-refractivity contribution in [3.8, 4) is 0 Å². The lowest BCUT2D eigenvalue weighted by Gasteiger charge is -2.23. The van der Waals surface area contributed by atoms with E-state index in [2.05, 4.69) is 20.9 Å². The minimum absolute atomic E-state index is 0.0767. The Kier molecular flexibility index (Phi) is 11.9. The van der Waals surface area contributed by atoms with Gasteiger partial charge in [0, 0.05) is 6.54 Å². The average molecular weight is 401 g/mol. The van der Waals surface area contributed by atoms with Crippen molar-refractivity contribution < 1.29 is 24.3 Å². The summed E-state index contributed by atoms with van der Waals surface area (Å²) in [5, 5.41) is 15.6. The maximum absolute atomic E-state index is 12.4. The zero-order valence-corrected chi connectivity index (χ0v) is 16.2. The Hall–Kier alpha value is -2.89. The van der Waals surface area contributed by atoms with Crippen molar-refractivity contribution in [3.63, 3.8) is 0 Å². The summed E-state index contributed by atoms with van der Waals surface area (Å²) in [5.41, 5.74) is 16.4. The van der Waals surface area contributed by atoms with Gasteiger partial charge >= 0.3 is 5.97 Å². The van der Waals surface area contributed by atoms with Gasteiger partial charge in [-0.25, -0.2) is 0 Å². The standard InChI is InChI=1S/C16H31N7O5/c1-3-9(2)13(17)15(28)23-10(5-4-6-20-16(18)19)14(27)22-7-11(24)21-8-12(25)26/h9-10,13H,3-8,17H2,1-2H3,(H,21,24)(H,22,27)(H,23,28)(H,25,26)(H4,18,19,20). The number of hydrogen-bond donors (Lipinski definition) is 7. The van der Waals surface area contributed by atoms with Gasteiger partial charge in [0.2, 0.25) is 17.7 Å². The highest BCUT2D eigenvalue weighted by Crippen LogP contribution is 2.07. The van der Waals surface area contributed by atoms with E-state index in [0.717, 1.165) is 0 Å². The second kappa shape index (κ2) is 13.3. The van der Waals surface area contributed by atoms with Crippen LogP contribution in [0, 0.1) is 5.92 Å². The molecule has 0 saturated heterocycles. The summed E-state index contributed by atoms with van der Waals surface area (Å²) in [4.78, 5) is 50.4. The number of aliphatic imine (C=N–C) groups is 1. The number of rotatable bonds is 13. The van der Waals surface area contributed by atoms with Crippen molar-refractivity contribution in [1.82, 2.24) is 16.0 Å². The second-order valence-electron chi connectivity index (χ2n) is 6.31. The fourth-order valence-electron chi connectivity index (χ4n) is 2.08. The summed E-state index contributed by atoms with van der Waals surface area (Å²) >= 11 is 0. The number of nitrogens with zero attached hydrogens (tertiary/aromatic N) is 1. The highest BCUT2D eigenvalue weighted by molar-refractivity contribution is 5.92. The summed E-state index contributed by atoms with van der Waals surface area (Å²) in [5.74, 6) is -3.11. The molecule has 0 heterocycles. The summed E-state index contributed by atoms with van der Waals surface area (Å²) in [6, 6.07) is -1.72. The molecule has 0 saturated carbocycles. The molecule has 160 valence electrons. The number of nitrogens with one attached hydrogen (secondary N) is 3. The van der Waals surface area contributed by atoms with Crippen LogP contribution in [0.15, 0.2) is 4.99 Å². The highest BCUT2D eigenvalue weighted by Gasteiger charge is 2.26. The van der Waals surface area contributed by atoms with Crippen molar-refractivity contribution >= 4 is 29.7 Å². The van der Waals surface area contributed by atoms with E-state index in [1.54, 1.807) is 0 Å². The molecular formula is C16H31N7O5. The van der Waals surface area contributed by atoms with Gasteiger partial charge in [0.1, 0.15) is 12.6 Å². The molecule has 0 rings (SSSR count). The number of carbonyl (C=O) groups excluding carboxylic acids is 3. The van der Waals surface area contributed by atoms with Gasteiger partial charge in [-0.3, -0.25) is 24.2 Å². The van der Waals surface area contributed by atoms with Gasteiger partial charge in [-0.2, -0.15) is 0 Å². The molecule has 28 heavy (non-hydrogen) atoms. The third kappa shape index (κ3) is 11.0. The number of guanidine groups is 1. The minimum atomic E-state index is -1.21. The molecule has 0 spiro atoms. The molecular weight excluding hydrogens is 370 g/mol. The van der Waals surface area contributed by atoms with E-state index < -0.39 is 48.9 Å². The Morgan fingerprint density at radius 1 is 1.07 bits per heavy atom. The van der Waals surface area contributed by atoms with Crippen molar-refractivity contribution in [1.29, 1.82) is 0 Å². The molecule has 0 aliphatic carbocycles. The summed E-state index contributed by atoms with van der Waals surface area (Å²) in [6.45, 7) is 3.00. The van der Waals surface area contributed by atoms with Crippen molar-refractivity contribution in [2.75, 3.05) is 19.6 Å². The number of amides is 3.